The lowest BCUT2D eigenvalue weighted by molar-refractivity contribution is 0.297. The highest BCUT2D eigenvalue weighted by Crippen LogP contribution is 2.36. The predicted molar refractivity (Wildman–Crippen MR) is 81.1 cm³/mol. The van der Waals surface area contributed by atoms with Crippen molar-refractivity contribution in [3.8, 4) is 5.75 Å². The van der Waals surface area contributed by atoms with E-state index in [-0.39, 0.29) is 11.9 Å². The molecule has 0 radical (unpaired) electrons. The van der Waals surface area contributed by atoms with Crippen molar-refractivity contribution >= 4 is 15.9 Å². The Bertz CT molecular complexity index is 423. The first-order chi connectivity index (χ1) is 8.92. The first-order valence-electron chi connectivity index (χ1n) is 6.68. The van der Waals surface area contributed by atoms with Gasteiger partial charge in [-0.1, -0.05) is 27.7 Å². The van der Waals surface area contributed by atoms with Gasteiger partial charge in [0.1, 0.15) is 11.6 Å². The average Bonchev–Trinajstić information content (AvgIpc) is 2.38. The Morgan fingerprint density at radius 1 is 1.32 bits per heavy atom. The van der Waals surface area contributed by atoms with Crippen molar-refractivity contribution in [2.75, 3.05) is 13.7 Å². The molecule has 0 aliphatic rings. The van der Waals surface area contributed by atoms with Crippen molar-refractivity contribution in [3.63, 3.8) is 0 Å². The molecule has 0 aromatic heterocycles. The Morgan fingerprint density at radius 2 is 1.95 bits per heavy atom. The van der Waals surface area contributed by atoms with E-state index in [0.29, 0.717) is 22.1 Å². The van der Waals surface area contributed by atoms with Crippen LogP contribution in [0.3, 0.4) is 0 Å². The number of halogens is 2. The summed E-state index contributed by atoms with van der Waals surface area (Å²) in [5.41, 5.74) is 0.999. The zero-order valence-electron chi connectivity index (χ0n) is 12.3. The summed E-state index contributed by atoms with van der Waals surface area (Å²) in [7, 11) is 1.58. The molecule has 0 fully saturated rings. The number of rotatable bonds is 6. The molecular formula is C15H23BrFNO. The van der Waals surface area contributed by atoms with Crippen LogP contribution >= 0.6 is 15.9 Å². The van der Waals surface area contributed by atoms with Crippen molar-refractivity contribution < 1.29 is 9.13 Å². The van der Waals surface area contributed by atoms with E-state index in [9.17, 15) is 4.39 Å². The van der Waals surface area contributed by atoms with Gasteiger partial charge in [0.05, 0.1) is 11.6 Å². The van der Waals surface area contributed by atoms with Crippen molar-refractivity contribution in [2.24, 2.45) is 11.8 Å². The second-order valence-electron chi connectivity index (χ2n) is 5.15. The summed E-state index contributed by atoms with van der Waals surface area (Å²) in [6.45, 7) is 9.53. The van der Waals surface area contributed by atoms with Crippen LogP contribution in [0, 0.1) is 17.7 Å². The highest BCUT2D eigenvalue weighted by Gasteiger charge is 2.25. The van der Waals surface area contributed by atoms with Crippen molar-refractivity contribution in [1.29, 1.82) is 0 Å². The fourth-order valence-electron chi connectivity index (χ4n) is 2.15. The summed E-state index contributed by atoms with van der Waals surface area (Å²) < 4.78 is 19.4. The molecule has 1 rings (SSSR count). The smallest absolute Gasteiger partial charge is 0.141 e. The van der Waals surface area contributed by atoms with Gasteiger partial charge in [0.15, 0.2) is 0 Å². The molecular weight excluding hydrogens is 309 g/mol. The molecule has 0 saturated carbocycles. The van der Waals surface area contributed by atoms with E-state index in [0.717, 1.165) is 12.1 Å². The predicted octanol–water partition coefficient (Wildman–Crippen LogP) is 4.54. The largest absolute Gasteiger partial charge is 0.496 e. The fraction of sp³-hybridized carbons (Fsp3) is 0.600. The van der Waals surface area contributed by atoms with Gasteiger partial charge in [-0.2, -0.15) is 0 Å². The maximum Gasteiger partial charge on any atom is 0.141 e. The number of methoxy groups -OCH3 is 1. The van der Waals surface area contributed by atoms with Gasteiger partial charge in [0.2, 0.25) is 0 Å². The highest BCUT2D eigenvalue weighted by atomic mass is 79.9. The van der Waals surface area contributed by atoms with Crippen LogP contribution < -0.4 is 10.1 Å². The minimum absolute atomic E-state index is 0.150. The van der Waals surface area contributed by atoms with Crippen LogP contribution in [0.2, 0.25) is 0 Å². The SMILES string of the molecule is CCNC(c1cc(Br)c(F)cc1OC)C(C)C(C)C. The Balaban J connectivity index is 3.24. The van der Waals surface area contributed by atoms with Gasteiger partial charge in [0.25, 0.3) is 0 Å². The first kappa shape index (κ1) is 16.4. The zero-order valence-corrected chi connectivity index (χ0v) is 13.8. The van der Waals surface area contributed by atoms with E-state index in [2.05, 4.69) is 48.9 Å². The van der Waals surface area contributed by atoms with E-state index < -0.39 is 0 Å². The summed E-state index contributed by atoms with van der Waals surface area (Å²) in [5, 5.41) is 3.48. The van der Waals surface area contributed by atoms with Gasteiger partial charge in [-0.15, -0.1) is 0 Å². The van der Waals surface area contributed by atoms with Crippen LogP contribution in [-0.4, -0.2) is 13.7 Å². The van der Waals surface area contributed by atoms with Gasteiger partial charge >= 0.3 is 0 Å². The molecule has 0 saturated heterocycles. The van der Waals surface area contributed by atoms with Crippen LogP contribution in [-0.2, 0) is 0 Å². The molecule has 0 spiro atoms. The number of ether oxygens (including phenoxy) is 1. The third-order valence-corrected chi connectivity index (χ3v) is 4.22. The van der Waals surface area contributed by atoms with Crippen molar-refractivity contribution in [2.45, 2.75) is 33.7 Å². The molecule has 0 amide bonds. The number of hydrogen-bond acceptors (Lipinski definition) is 2. The Labute approximate surface area is 123 Å². The molecule has 108 valence electrons. The fourth-order valence-corrected chi connectivity index (χ4v) is 2.51. The zero-order chi connectivity index (χ0) is 14.6. The molecule has 2 atom stereocenters. The molecule has 2 unspecified atom stereocenters. The topological polar surface area (TPSA) is 21.3 Å². The number of hydrogen-bond donors (Lipinski definition) is 1. The maximum atomic E-state index is 13.6. The van der Waals surface area contributed by atoms with Gasteiger partial charge < -0.3 is 10.1 Å². The molecule has 0 aliphatic heterocycles. The molecule has 1 N–H and O–H groups in total. The van der Waals surface area contributed by atoms with E-state index >= 15 is 0 Å². The van der Waals surface area contributed by atoms with Crippen LogP contribution in [0.4, 0.5) is 4.39 Å². The molecule has 19 heavy (non-hydrogen) atoms. The molecule has 0 aliphatic carbocycles. The summed E-state index contributed by atoms with van der Waals surface area (Å²) in [4.78, 5) is 0. The summed E-state index contributed by atoms with van der Waals surface area (Å²) in [5.74, 6) is 1.25. The van der Waals surface area contributed by atoms with Crippen molar-refractivity contribution in [3.05, 3.63) is 28.0 Å². The number of nitrogens with one attached hydrogen (secondary N) is 1. The van der Waals surface area contributed by atoms with E-state index in [1.54, 1.807) is 7.11 Å². The van der Waals surface area contributed by atoms with E-state index in [1.807, 2.05) is 6.07 Å². The minimum atomic E-state index is -0.298. The lowest BCUT2D eigenvalue weighted by Gasteiger charge is -2.29. The van der Waals surface area contributed by atoms with Gasteiger partial charge in [0, 0.05) is 17.7 Å². The van der Waals surface area contributed by atoms with Crippen LogP contribution in [0.15, 0.2) is 16.6 Å². The molecule has 0 heterocycles. The van der Waals surface area contributed by atoms with E-state index in [4.69, 9.17) is 4.74 Å². The van der Waals surface area contributed by atoms with Gasteiger partial charge in [-0.05, 0) is 40.4 Å². The lowest BCUT2D eigenvalue weighted by Crippen LogP contribution is -2.30. The first-order valence-corrected chi connectivity index (χ1v) is 7.47. The molecule has 0 bridgehead atoms. The maximum absolute atomic E-state index is 13.6. The molecule has 4 heteroatoms. The standard InChI is InChI=1S/C15H23BrFNO/c1-6-18-15(10(4)9(2)3)11-7-12(16)13(17)8-14(11)19-5/h7-10,15,18H,6H2,1-5H3. The highest BCUT2D eigenvalue weighted by molar-refractivity contribution is 9.10. The Kier molecular flexibility index (Phi) is 6.27. The lowest BCUT2D eigenvalue weighted by atomic mass is 9.85. The summed E-state index contributed by atoms with van der Waals surface area (Å²) in [6.07, 6.45) is 0. The summed E-state index contributed by atoms with van der Waals surface area (Å²) in [6, 6.07) is 3.41. The van der Waals surface area contributed by atoms with Crippen LogP contribution in [0.1, 0.15) is 39.3 Å². The quantitative estimate of drug-likeness (QED) is 0.826. The monoisotopic (exact) mass is 331 g/mol. The van der Waals surface area contributed by atoms with E-state index in [1.165, 1.54) is 6.07 Å². The minimum Gasteiger partial charge on any atom is -0.496 e. The Hall–Kier alpha value is -0.610. The summed E-state index contributed by atoms with van der Waals surface area (Å²) >= 11 is 3.26. The molecule has 1 aromatic carbocycles. The van der Waals surface area contributed by atoms with Gasteiger partial charge in [-0.3, -0.25) is 0 Å². The van der Waals surface area contributed by atoms with Crippen LogP contribution in [0.25, 0.3) is 0 Å². The molecule has 2 nitrogen and oxygen atoms in total. The number of benzene rings is 1. The Morgan fingerprint density at radius 3 is 2.42 bits per heavy atom. The van der Waals surface area contributed by atoms with Crippen molar-refractivity contribution in [1.82, 2.24) is 5.32 Å². The normalized spacial score (nSPS) is 14.5. The third kappa shape index (κ3) is 3.93. The van der Waals surface area contributed by atoms with Gasteiger partial charge in [-0.25, -0.2) is 4.39 Å². The average molecular weight is 332 g/mol. The molecule has 1 aromatic rings. The van der Waals surface area contributed by atoms with Crippen LogP contribution in [0.5, 0.6) is 5.75 Å². The second kappa shape index (κ2) is 7.25. The second-order valence-corrected chi connectivity index (χ2v) is 6.00. The third-order valence-electron chi connectivity index (χ3n) is 3.61.